The lowest BCUT2D eigenvalue weighted by Crippen LogP contribution is -2.40. The lowest BCUT2D eigenvalue weighted by Gasteiger charge is -2.25. The van der Waals surface area contributed by atoms with Crippen LogP contribution < -0.4 is 0 Å². The lowest BCUT2D eigenvalue weighted by atomic mass is 10.6. The molecule has 0 aromatic carbocycles. The second-order valence-electron chi connectivity index (χ2n) is 2.08. The summed E-state index contributed by atoms with van der Waals surface area (Å²) in [6.07, 6.45) is 0. The summed E-state index contributed by atoms with van der Waals surface area (Å²) in [6, 6.07) is 0. The van der Waals surface area contributed by atoms with Gasteiger partial charge in [-0.3, -0.25) is 9.80 Å². The fourth-order valence-corrected chi connectivity index (χ4v) is 0.787. The van der Waals surface area contributed by atoms with Gasteiger partial charge in [0, 0.05) is 27.6 Å². The number of nitrogens with zero attached hydrogens (tertiary/aromatic N) is 2. The molecule has 0 aliphatic heterocycles. The molecule has 0 radical (unpaired) electrons. The highest BCUT2D eigenvalue weighted by Crippen LogP contribution is 1.89. The maximum atomic E-state index is 10.7. The van der Waals surface area contributed by atoms with Gasteiger partial charge in [0.2, 0.25) is 5.91 Å². The predicted molar refractivity (Wildman–Crippen MR) is 59.4 cm³/mol. The van der Waals surface area contributed by atoms with Crippen LogP contribution in [0.1, 0.15) is 41.5 Å². The van der Waals surface area contributed by atoms with Crippen molar-refractivity contribution in [3.8, 4) is 0 Å². The van der Waals surface area contributed by atoms with Gasteiger partial charge in [0.15, 0.2) is 0 Å². The van der Waals surface area contributed by atoms with Crippen LogP contribution in [0, 0.1) is 0 Å². The maximum absolute atomic E-state index is 10.7. The van der Waals surface area contributed by atoms with Crippen molar-refractivity contribution in [1.82, 2.24) is 10.0 Å². The average Bonchev–Trinajstić information content (AvgIpc) is 2.11. The third-order valence-electron chi connectivity index (χ3n) is 1.15. The fraction of sp³-hybridized carbons (Fsp3) is 0.900. The number of hydrazine groups is 1. The molecule has 0 heterocycles. The molecule has 3 nitrogen and oxygen atoms in total. The average molecular weight is 190 g/mol. The van der Waals surface area contributed by atoms with Crippen molar-refractivity contribution in [1.29, 1.82) is 0 Å². The van der Waals surface area contributed by atoms with Gasteiger partial charge in [0.1, 0.15) is 0 Å². The van der Waals surface area contributed by atoms with Gasteiger partial charge in [-0.1, -0.05) is 27.7 Å². The van der Waals surface area contributed by atoms with Gasteiger partial charge in [-0.25, -0.2) is 5.01 Å². The summed E-state index contributed by atoms with van der Waals surface area (Å²) in [7, 11) is 3.70. The van der Waals surface area contributed by atoms with E-state index < -0.39 is 0 Å². The normalized spacial score (nSPS) is 7.77. The number of hydrogen-bond acceptors (Lipinski definition) is 2. The molecular formula is C10H26N2O. The standard InChI is InChI=1S/C6H14N2O.2C2H6/c1-5-8(6(2)9)7(3)4;2*1-2/h5H2,1-4H3;2*1-2H3. The number of rotatable bonds is 2. The number of carbonyl (C=O) groups excluding carboxylic acids is 1. The topological polar surface area (TPSA) is 23.6 Å². The first-order valence-electron chi connectivity index (χ1n) is 5.05. The van der Waals surface area contributed by atoms with Gasteiger partial charge in [0.05, 0.1) is 0 Å². The summed E-state index contributed by atoms with van der Waals surface area (Å²) in [6.45, 7) is 12.2. The molecule has 1 amide bonds. The second kappa shape index (κ2) is 14.0. The summed E-state index contributed by atoms with van der Waals surface area (Å²) in [5.41, 5.74) is 0. The Morgan fingerprint density at radius 3 is 1.38 bits per heavy atom. The van der Waals surface area contributed by atoms with E-state index in [-0.39, 0.29) is 5.91 Å². The summed E-state index contributed by atoms with van der Waals surface area (Å²) in [5.74, 6) is 0.0856. The Kier molecular flexibility index (Phi) is 19.6. The van der Waals surface area contributed by atoms with E-state index >= 15 is 0 Å². The highest BCUT2D eigenvalue weighted by atomic mass is 16.2. The molecule has 0 fully saturated rings. The van der Waals surface area contributed by atoms with E-state index in [1.165, 1.54) is 0 Å². The summed E-state index contributed by atoms with van der Waals surface area (Å²) in [4.78, 5) is 10.7. The minimum Gasteiger partial charge on any atom is -0.276 e. The van der Waals surface area contributed by atoms with Crippen LogP contribution in [-0.4, -0.2) is 36.6 Å². The molecule has 0 aromatic heterocycles. The number of carbonyl (C=O) groups is 1. The van der Waals surface area contributed by atoms with Crippen LogP contribution in [0.15, 0.2) is 0 Å². The van der Waals surface area contributed by atoms with Crippen LogP contribution in [-0.2, 0) is 4.79 Å². The van der Waals surface area contributed by atoms with Crippen LogP contribution in [0.5, 0.6) is 0 Å². The SMILES string of the molecule is CC.CC.CCN(C(C)=O)N(C)C. The molecular weight excluding hydrogens is 164 g/mol. The number of hydrogen-bond donors (Lipinski definition) is 0. The number of amides is 1. The van der Waals surface area contributed by atoms with Crippen molar-refractivity contribution in [2.45, 2.75) is 41.5 Å². The van der Waals surface area contributed by atoms with Gasteiger partial charge in [-0.15, -0.1) is 0 Å². The largest absolute Gasteiger partial charge is 0.276 e. The van der Waals surface area contributed by atoms with Crippen molar-refractivity contribution >= 4 is 5.91 Å². The Bertz CT molecular complexity index is 103. The zero-order valence-corrected chi connectivity index (χ0v) is 10.5. The van der Waals surface area contributed by atoms with E-state index in [1.807, 2.05) is 48.7 Å². The third-order valence-corrected chi connectivity index (χ3v) is 1.15. The van der Waals surface area contributed by atoms with Crippen LogP contribution in [0.2, 0.25) is 0 Å². The molecule has 0 N–H and O–H groups in total. The van der Waals surface area contributed by atoms with Gasteiger partial charge in [-0.2, -0.15) is 0 Å². The lowest BCUT2D eigenvalue weighted by molar-refractivity contribution is -0.141. The van der Waals surface area contributed by atoms with Crippen molar-refractivity contribution in [2.75, 3.05) is 20.6 Å². The molecule has 0 aliphatic carbocycles. The molecule has 0 saturated carbocycles. The smallest absolute Gasteiger partial charge is 0.233 e. The minimum atomic E-state index is 0.0856. The molecule has 0 aliphatic rings. The van der Waals surface area contributed by atoms with E-state index in [9.17, 15) is 4.79 Å². The summed E-state index contributed by atoms with van der Waals surface area (Å²) < 4.78 is 0. The van der Waals surface area contributed by atoms with E-state index in [0.29, 0.717) is 0 Å². The fourth-order valence-electron chi connectivity index (χ4n) is 0.787. The highest BCUT2D eigenvalue weighted by molar-refractivity contribution is 5.72. The molecule has 0 rings (SSSR count). The first-order valence-corrected chi connectivity index (χ1v) is 5.05. The summed E-state index contributed by atoms with van der Waals surface area (Å²) >= 11 is 0. The molecule has 0 atom stereocenters. The van der Waals surface area contributed by atoms with E-state index in [2.05, 4.69) is 0 Å². The van der Waals surface area contributed by atoms with Crippen molar-refractivity contribution in [2.24, 2.45) is 0 Å². The van der Waals surface area contributed by atoms with Crippen LogP contribution in [0.25, 0.3) is 0 Å². The Morgan fingerprint density at radius 2 is 1.38 bits per heavy atom. The van der Waals surface area contributed by atoms with Crippen LogP contribution in [0.4, 0.5) is 0 Å². The van der Waals surface area contributed by atoms with Crippen LogP contribution in [0.3, 0.4) is 0 Å². The van der Waals surface area contributed by atoms with Gasteiger partial charge < -0.3 is 0 Å². The molecule has 13 heavy (non-hydrogen) atoms. The Labute approximate surface area is 83.7 Å². The van der Waals surface area contributed by atoms with E-state index in [1.54, 1.807) is 16.9 Å². The van der Waals surface area contributed by atoms with Gasteiger partial charge in [-0.05, 0) is 6.92 Å². The van der Waals surface area contributed by atoms with Crippen LogP contribution >= 0.6 is 0 Å². The first-order chi connectivity index (χ1) is 6.09. The van der Waals surface area contributed by atoms with E-state index in [0.717, 1.165) is 6.54 Å². The molecule has 0 spiro atoms. The van der Waals surface area contributed by atoms with Crippen molar-refractivity contribution in [3.63, 3.8) is 0 Å². The zero-order valence-electron chi connectivity index (χ0n) is 10.5. The molecule has 3 heteroatoms. The maximum Gasteiger partial charge on any atom is 0.233 e. The Balaban J connectivity index is -0.000000218. The molecule has 82 valence electrons. The third kappa shape index (κ3) is 11.4. The summed E-state index contributed by atoms with van der Waals surface area (Å²) in [5, 5.41) is 3.43. The molecule has 0 aromatic rings. The molecule has 0 unspecified atom stereocenters. The highest BCUT2D eigenvalue weighted by Gasteiger charge is 2.05. The first kappa shape index (κ1) is 18.3. The monoisotopic (exact) mass is 190 g/mol. The molecule has 0 bridgehead atoms. The van der Waals surface area contributed by atoms with Gasteiger partial charge >= 0.3 is 0 Å². The van der Waals surface area contributed by atoms with Crippen molar-refractivity contribution < 1.29 is 4.79 Å². The van der Waals surface area contributed by atoms with Gasteiger partial charge in [0.25, 0.3) is 0 Å². The zero-order chi connectivity index (χ0) is 11.4. The van der Waals surface area contributed by atoms with E-state index in [4.69, 9.17) is 0 Å². The quantitative estimate of drug-likeness (QED) is 0.624. The molecule has 0 saturated heterocycles. The second-order valence-corrected chi connectivity index (χ2v) is 2.08. The Hall–Kier alpha value is -0.570. The minimum absolute atomic E-state index is 0.0856. The van der Waals surface area contributed by atoms with Crippen molar-refractivity contribution in [3.05, 3.63) is 0 Å². The Morgan fingerprint density at radius 1 is 1.08 bits per heavy atom. The predicted octanol–water partition coefficient (Wildman–Crippen LogP) is 2.38.